The quantitative estimate of drug-likeness (QED) is 0.151. The molecule has 0 bridgehead atoms. The van der Waals surface area contributed by atoms with Gasteiger partial charge in [0.1, 0.15) is 11.6 Å². The molecular formula is C42H46N10O4. The molecule has 14 heteroatoms. The van der Waals surface area contributed by atoms with Gasteiger partial charge in [0.2, 0.25) is 23.6 Å². The highest BCUT2D eigenvalue weighted by Crippen LogP contribution is 2.41. The molecule has 2 saturated carbocycles. The second-order valence-electron chi connectivity index (χ2n) is 16.0. The molecule has 4 heterocycles. The van der Waals surface area contributed by atoms with Crippen LogP contribution in [0.2, 0.25) is 0 Å². The zero-order chi connectivity index (χ0) is 40.0. The number of fused-ring (bicyclic) bond motifs is 2. The average Bonchev–Trinajstić information content (AvgIpc) is 4.06. The monoisotopic (exact) mass is 754 g/mol. The summed E-state index contributed by atoms with van der Waals surface area (Å²) in [7, 11) is 0. The third-order valence-corrected chi connectivity index (χ3v) is 11.4. The van der Waals surface area contributed by atoms with Crippen LogP contribution in [0.3, 0.4) is 0 Å². The zero-order valence-corrected chi connectivity index (χ0v) is 32.0. The number of nitrogen functional groups attached to an aromatic ring is 2. The fourth-order valence-corrected chi connectivity index (χ4v) is 7.99. The van der Waals surface area contributed by atoms with Crippen molar-refractivity contribution >= 4 is 79.6 Å². The average molecular weight is 755 g/mol. The van der Waals surface area contributed by atoms with Crippen LogP contribution in [0.4, 0.5) is 34.4 Å². The van der Waals surface area contributed by atoms with Gasteiger partial charge in [-0.2, -0.15) is 10.5 Å². The highest BCUT2D eigenvalue weighted by molar-refractivity contribution is 6.05. The minimum Gasteiger partial charge on any atom is -0.398 e. The summed E-state index contributed by atoms with van der Waals surface area (Å²) in [6.07, 6.45) is 7.22. The topological polar surface area (TPSA) is 224 Å². The van der Waals surface area contributed by atoms with Crippen LogP contribution in [0.1, 0.15) is 66.2 Å². The largest absolute Gasteiger partial charge is 0.398 e. The Morgan fingerprint density at radius 3 is 1.43 bits per heavy atom. The molecule has 4 aromatic rings. The first-order valence-corrected chi connectivity index (χ1v) is 19.2. The Hall–Kier alpha value is -6.28. The number of aromatic nitrogens is 2. The van der Waals surface area contributed by atoms with E-state index in [0.717, 1.165) is 45.8 Å². The summed E-state index contributed by atoms with van der Waals surface area (Å²) in [5.41, 5.74) is 15.1. The molecule has 2 aromatic carbocycles. The number of hydrogen-bond acceptors (Lipinski definition) is 10. The summed E-state index contributed by atoms with van der Waals surface area (Å²) in [6, 6.07) is 15.6. The number of carbonyl (C=O) groups is 4. The van der Waals surface area contributed by atoms with E-state index in [0.29, 0.717) is 60.5 Å². The molecule has 56 heavy (non-hydrogen) atoms. The van der Waals surface area contributed by atoms with Crippen molar-refractivity contribution in [2.75, 3.05) is 31.9 Å². The lowest BCUT2D eigenvalue weighted by atomic mass is 10.0. The van der Waals surface area contributed by atoms with Crippen LogP contribution in [0.25, 0.3) is 21.5 Å². The second-order valence-corrected chi connectivity index (χ2v) is 16.0. The normalized spacial score (nSPS) is 23.9. The SMILES string of the molecule is CC(C)C1CCC(=O)N1c1cc(N)c2cnc(NC(=O)[C@H]3C[C@@H]3C#N)cc2c1.CC(C)[C@@H]1CCC(=O)N1c1cc(N)c2cnc(NC(=O)[C@H]3C[C@@H]3C#N)cc2c1. The van der Waals surface area contributed by atoms with E-state index in [1.54, 1.807) is 24.5 Å². The summed E-state index contributed by atoms with van der Waals surface area (Å²) in [6.45, 7) is 8.46. The molecule has 2 saturated heterocycles. The maximum absolute atomic E-state index is 12.5. The minimum absolute atomic E-state index is 0.108. The lowest BCUT2D eigenvalue weighted by molar-refractivity contribution is -0.118. The minimum atomic E-state index is -0.257. The van der Waals surface area contributed by atoms with Crippen LogP contribution in [0, 0.1) is 58.2 Å². The van der Waals surface area contributed by atoms with E-state index in [4.69, 9.17) is 22.0 Å². The van der Waals surface area contributed by atoms with Gasteiger partial charge in [0.25, 0.3) is 0 Å². The van der Waals surface area contributed by atoms with Gasteiger partial charge in [-0.15, -0.1) is 0 Å². The summed E-state index contributed by atoms with van der Waals surface area (Å²) >= 11 is 0. The molecule has 288 valence electrons. The van der Waals surface area contributed by atoms with Gasteiger partial charge in [0.15, 0.2) is 0 Å². The van der Waals surface area contributed by atoms with Gasteiger partial charge < -0.3 is 31.9 Å². The molecule has 2 aliphatic carbocycles. The van der Waals surface area contributed by atoms with Crippen molar-refractivity contribution in [3.05, 3.63) is 48.8 Å². The predicted molar refractivity (Wildman–Crippen MR) is 215 cm³/mol. The first-order chi connectivity index (χ1) is 26.8. The van der Waals surface area contributed by atoms with Crippen molar-refractivity contribution < 1.29 is 19.2 Å². The van der Waals surface area contributed by atoms with Crippen LogP contribution in [0.5, 0.6) is 0 Å². The maximum atomic E-state index is 12.5. The Bertz CT molecular complexity index is 2180. The predicted octanol–water partition coefficient (Wildman–Crippen LogP) is 6.13. The molecule has 4 fully saturated rings. The lowest BCUT2D eigenvalue weighted by Gasteiger charge is -2.28. The second kappa shape index (κ2) is 15.1. The van der Waals surface area contributed by atoms with Crippen molar-refractivity contribution in [1.82, 2.24) is 9.97 Å². The molecule has 6 atom stereocenters. The van der Waals surface area contributed by atoms with E-state index in [1.165, 1.54) is 0 Å². The van der Waals surface area contributed by atoms with E-state index in [9.17, 15) is 19.2 Å². The Kier molecular flexibility index (Phi) is 10.2. The Labute approximate surface area is 325 Å². The molecule has 4 amide bonds. The van der Waals surface area contributed by atoms with E-state index in [2.05, 4.69) is 60.4 Å². The molecule has 0 spiro atoms. The Balaban J connectivity index is 0.000000172. The van der Waals surface area contributed by atoms with Crippen molar-refractivity contribution in [3.63, 3.8) is 0 Å². The number of amides is 4. The van der Waals surface area contributed by atoms with Crippen molar-refractivity contribution in [1.29, 1.82) is 10.5 Å². The van der Waals surface area contributed by atoms with Gasteiger partial charge in [0, 0.05) is 70.8 Å². The number of anilines is 6. The van der Waals surface area contributed by atoms with Gasteiger partial charge in [-0.05, 0) is 84.7 Å². The van der Waals surface area contributed by atoms with E-state index < -0.39 is 0 Å². The molecule has 6 N–H and O–H groups in total. The molecular weight excluding hydrogens is 709 g/mol. The van der Waals surface area contributed by atoms with Gasteiger partial charge in [-0.1, -0.05) is 27.7 Å². The molecule has 1 unspecified atom stereocenters. The van der Waals surface area contributed by atoms with Crippen LogP contribution >= 0.6 is 0 Å². The highest BCUT2D eigenvalue weighted by Gasteiger charge is 2.44. The van der Waals surface area contributed by atoms with E-state index in [1.807, 2.05) is 34.1 Å². The fourth-order valence-electron chi connectivity index (χ4n) is 7.99. The number of rotatable bonds is 8. The number of nitriles is 2. The fraction of sp³-hybridized carbons (Fsp3) is 0.429. The van der Waals surface area contributed by atoms with Crippen LogP contribution in [-0.4, -0.2) is 45.7 Å². The standard InChI is InChI=1S/2C21H23N5O2/c2*1-11(2)18-3-4-20(27)26(18)14-5-12-7-19(24-10-16(12)17(23)8-14)25-21(28)15-6-13(15)9-22/h2*5,7-8,10-11,13,15,18H,3-4,6,23H2,1-2H3,(H,24,25,28)/t13-,15+,18?;13-,15+,18+/m11/s1. The van der Waals surface area contributed by atoms with Crippen LogP contribution in [0.15, 0.2) is 48.8 Å². The Morgan fingerprint density at radius 1 is 0.696 bits per heavy atom. The molecule has 4 aliphatic rings. The molecule has 8 rings (SSSR count). The van der Waals surface area contributed by atoms with E-state index >= 15 is 0 Å². The Morgan fingerprint density at radius 2 is 1.09 bits per heavy atom. The molecule has 14 nitrogen and oxygen atoms in total. The van der Waals surface area contributed by atoms with Gasteiger partial charge in [-0.3, -0.25) is 19.2 Å². The lowest BCUT2D eigenvalue weighted by Crippen LogP contribution is -2.36. The number of benzene rings is 2. The first-order valence-electron chi connectivity index (χ1n) is 19.2. The highest BCUT2D eigenvalue weighted by atomic mass is 16.2. The van der Waals surface area contributed by atoms with Crippen molar-refractivity contribution in [2.45, 2.75) is 78.3 Å². The van der Waals surface area contributed by atoms with Crippen molar-refractivity contribution in [3.8, 4) is 12.1 Å². The third-order valence-electron chi connectivity index (χ3n) is 11.4. The van der Waals surface area contributed by atoms with Crippen LogP contribution < -0.4 is 31.9 Å². The van der Waals surface area contributed by atoms with Crippen LogP contribution in [-0.2, 0) is 19.2 Å². The van der Waals surface area contributed by atoms with Gasteiger partial charge in [0.05, 0.1) is 35.8 Å². The molecule has 0 radical (unpaired) electrons. The number of nitrogens with zero attached hydrogens (tertiary/aromatic N) is 6. The maximum Gasteiger partial charge on any atom is 0.230 e. The number of carbonyl (C=O) groups excluding carboxylic acids is 4. The first kappa shape index (κ1) is 38.0. The number of hydrogen-bond donors (Lipinski definition) is 4. The molecule has 2 aliphatic heterocycles. The van der Waals surface area contributed by atoms with E-state index in [-0.39, 0.29) is 59.4 Å². The number of nitrogens with two attached hydrogens (primary N) is 2. The summed E-state index contributed by atoms with van der Waals surface area (Å²) in [4.78, 5) is 61.6. The van der Waals surface area contributed by atoms with Gasteiger partial charge >= 0.3 is 0 Å². The summed E-state index contributed by atoms with van der Waals surface area (Å²) in [5, 5.41) is 26.5. The number of pyridine rings is 2. The third kappa shape index (κ3) is 7.52. The van der Waals surface area contributed by atoms with Gasteiger partial charge in [-0.25, -0.2) is 9.97 Å². The van der Waals surface area contributed by atoms with Crippen molar-refractivity contribution in [2.24, 2.45) is 35.5 Å². The summed E-state index contributed by atoms with van der Waals surface area (Å²) < 4.78 is 0. The number of nitrogens with one attached hydrogen (secondary N) is 2. The summed E-state index contributed by atoms with van der Waals surface area (Å²) in [5.74, 6) is 0.484. The zero-order valence-electron chi connectivity index (χ0n) is 32.0. The smallest absolute Gasteiger partial charge is 0.230 e. The molecule has 2 aromatic heterocycles.